The number of nitrogens with zero attached hydrogens (tertiary/aromatic N) is 1. The first-order valence-corrected chi connectivity index (χ1v) is 7.64. The first-order valence-electron chi connectivity index (χ1n) is 7.64. The van der Waals surface area contributed by atoms with Crippen LogP contribution in [-0.4, -0.2) is 41.4 Å². The maximum Gasteiger partial charge on any atom is 0.263 e. The van der Waals surface area contributed by atoms with E-state index in [0.29, 0.717) is 12.3 Å². The molecule has 0 aliphatic carbocycles. The van der Waals surface area contributed by atoms with Crippen molar-refractivity contribution in [3.63, 3.8) is 0 Å². The van der Waals surface area contributed by atoms with Crippen molar-refractivity contribution >= 4 is 11.8 Å². The van der Waals surface area contributed by atoms with Crippen molar-refractivity contribution in [1.29, 1.82) is 0 Å². The molecule has 5 nitrogen and oxygen atoms in total. The Morgan fingerprint density at radius 3 is 2.30 bits per heavy atom. The fourth-order valence-corrected chi connectivity index (χ4v) is 2.00. The second kappa shape index (κ2) is 7.94. The van der Waals surface area contributed by atoms with Crippen LogP contribution in [0.2, 0.25) is 0 Å². The molecule has 0 heterocycles. The minimum atomic E-state index is -0.761. The fraction of sp³-hybridized carbons (Fsp3) is 0.529. The zero-order chi connectivity index (χ0) is 17.6. The Labute approximate surface area is 136 Å². The van der Waals surface area contributed by atoms with Crippen LogP contribution in [0, 0.1) is 5.82 Å². The molecule has 0 saturated carbocycles. The molecule has 0 saturated heterocycles. The number of likely N-dealkylation sites (N-methyl/N-ethyl adjacent to an activating group) is 1. The Hall–Kier alpha value is -2.11. The minimum absolute atomic E-state index is 0.0241. The van der Waals surface area contributed by atoms with E-state index in [4.69, 9.17) is 4.74 Å². The summed E-state index contributed by atoms with van der Waals surface area (Å²) in [4.78, 5) is 25.8. The van der Waals surface area contributed by atoms with Crippen molar-refractivity contribution in [3.8, 4) is 5.75 Å². The number of benzene rings is 1. The molecule has 0 aromatic heterocycles. The average molecular weight is 324 g/mol. The molecule has 2 amide bonds. The van der Waals surface area contributed by atoms with Gasteiger partial charge in [-0.05, 0) is 58.9 Å². The van der Waals surface area contributed by atoms with E-state index >= 15 is 0 Å². The van der Waals surface area contributed by atoms with Gasteiger partial charge in [0.1, 0.15) is 11.6 Å². The molecule has 0 radical (unpaired) electrons. The Balaban J connectivity index is 2.64. The molecule has 0 unspecified atom stereocenters. The van der Waals surface area contributed by atoms with E-state index in [0.717, 1.165) is 0 Å². The number of nitrogens with one attached hydrogen (secondary N) is 1. The predicted molar refractivity (Wildman–Crippen MR) is 86.6 cm³/mol. The van der Waals surface area contributed by atoms with Crippen molar-refractivity contribution < 1.29 is 18.7 Å². The van der Waals surface area contributed by atoms with E-state index < -0.39 is 6.10 Å². The van der Waals surface area contributed by atoms with Crippen LogP contribution < -0.4 is 10.1 Å². The highest BCUT2D eigenvalue weighted by Crippen LogP contribution is 2.14. The molecule has 0 spiro atoms. The fourth-order valence-electron chi connectivity index (χ4n) is 2.00. The van der Waals surface area contributed by atoms with Crippen LogP contribution in [0.3, 0.4) is 0 Å². The number of carbonyl (C=O) groups excluding carboxylic acids is 2. The molecular formula is C17H25FN2O3. The van der Waals surface area contributed by atoms with Crippen LogP contribution in [0.25, 0.3) is 0 Å². The van der Waals surface area contributed by atoms with Gasteiger partial charge in [-0.1, -0.05) is 0 Å². The zero-order valence-electron chi connectivity index (χ0n) is 14.4. The number of amides is 2. The molecule has 0 aliphatic heterocycles. The highest BCUT2D eigenvalue weighted by molar-refractivity contribution is 5.87. The lowest BCUT2D eigenvalue weighted by Gasteiger charge is -2.27. The molecule has 1 atom stereocenters. The Morgan fingerprint density at radius 2 is 1.83 bits per heavy atom. The van der Waals surface area contributed by atoms with Gasteiger partial charge in [0.2, 0.25) is 5.91 Å². The molecule has 6 heteroatoms. The summed E-state index contributed by atoms with van der Waals surface area (Å²) in [6, 6.07) is 5.45. The standard InChI is InChI=1S/C17H25FN2O3/c1-6-20(11-15(21)19-17(3,4)5)16(22)12(2)23-14-9-7-13(18)8-10-14/h7-10,12H,6,11H2,1-5H3,(H,19,21)/t12-/m1/s1. The third-order valence-corrected chi connectivity index (χ3v) is 3.02. The average Bonchev–Trinajstić information content (AvgIpc) is 2.44. The van der Waals surface area contributed by atoms with Crippen LogP contribution in [0.4, 0.5) is 4.39 Å². The van der Waals surface area contributed by atoms with E-state index in [2.05, 4.69) is 5.32 Å². The number of ether oxygens (including phenoxy) is 1. The SMILES string of the molecule is CCN(CC(=O)NC(C)(C)C)C(=O)[C@@H](C)Oc1ccc(F)cc1. The number of hydrogen-bond acceptors (Lipinski definition) is 3. The number of halogens is 1. The van der Waals surface area contributed by atoms with Crippen LogP contribution in [-0.2, 0) is 9.59 Å². The molecule has 0 bridgehead atoms. The highest BCUT2D eigenvalue weighted by Gasteiger charge is 2.24. The van der Waals surface area contributed by atoms with Crippen molar-refractivity contribution in [2.45, 2.75) is 46.3 Å². The van der Waals surface area contributed by atoms with Crippen molar-refractivity contribution in [3.05, 3.63) is 30.1 Å². The molecule has 1 rings (SSSR count). The Morgan fingerprint density at radius 1 is 1.26 bits per heavy atom. The molecule has 0 aliphatic rings. The zero-order valence-corrected chi connectivity index (χ0v) is 14.4. The summed E-state index contributed by atoms with van der Waals surface area (Å²) in [6.45, 7) is 9.41. The second-order valence-electron chi connectivity index (χ2n) is 6.36. The molecule has 1 aromatic carbocycles. The summed E-state index contributed by atoms with van der Waals surface area (Å²) >= 11 is 0. The van der Waals surface area contributed by atoms with Gasteiger partial charge in [0.05, 0.1) is 6.54 Å². The van der Waals surface area contributed by atoms with Gasteiger partial charge in [-0.25, -0.2) is 4.39 Å². The Bertz CT molecular complexity index is 538. The van der Waals surface area contributed by atoms with Gasteiger partial charge in [0, 0.05) is 12.1 Å². The van der Waals surface area contributed by atoms with Gasteiger partial charge >= 0.3 is 0 Å². The van der Waals surface area contributed by atoms with Gasteiger partial charge in [-0.2, -0.15) is 0 Å². The van der Waals surface area contributed by atoms with Crippen LogP contribution >= 0.6 is 0 Å². The van der Waals surface area contributed by atoms with Gasteiger partial charge in [-0.3, -0.25) is 9.59 Å². The second-order valence-corrected chi connectivity index (χ2v) is 6.36. The predicted octanol–water partition coefficient (Wildman–Crippen LogP) is 2.36. The third-order valence-electron chi connectivity index (χ3n) is 3.02. The molecule has 23 heavy (non-hydrogen) atoms. The van der Waals surface area contributed by atoms with Gasteiger partial charge < -0.3 is 15.0 Å². The van der Waals surface area contributed by atoms with E-state index in [-0.39, 0.29) is 29.7 Å². The molecule has 128 valence electrons. The smallest absolute Gasteiger partial charge is 0.263 e. The highest BCUT2D eigenvalue weighted by atomic mass is 19.1. The number of rotatable bonds is 6. The van der Waals surface area contributed by atoms with Crippen molar-refractivity contribution in [2.24, 2.45) is 0 Å². The first kappa shape index (κ1) is 18.9. The van der Waals surface area contributed by atoms with Gasteiger partial charge in [-0.15, -0.1) is 0 Å². The quantitative estimate of drug-likeness (QED) is 0.874. The lowest BCUT2D eigenvalue weighted by Crippen LogP contribution is -2.49. The topological polar surface area (TPSA) is 58.6 Å². The summed E-state index contributed by atoms with van der Waals surface area (Å²) in [6.07, 6.45) is -0.761. The first-order chi connectivity index (χ1) is 10.6. The van der Waals surface area contributed by atoms with Gasteiger partial charge in [0.25, 0.3) is 5.91 Å². The summed E-state index contributed by atoms with van der Waals surface area (Å²) in [7, 11) is 0. The summed E-state index contributed by atoms with van der Waals surface area (Å²) in [5.74, 6) is -0.477. The minimum Gasteiger partial charge on any atom is -0.481 e. The molecule has 1 N–H and O–H groups in total. The van der Waals surface area contributed by atoms with Crippen LogP contribution in [0.15, 0.2) is 24.3 Å². The summed E-state index contributed by atoms with van der Waals surface area (Å²) < 4.78 is 18.4. The molecular weight excluding hydrogens is 299 g/mol. The monoisotopic (exact) mass is 324 g/mol. The van der Waals surface area contributed by atoms with E-state index in [1.165, 1.54) is 29.2 Å². The lowest BCUT2D eigenvalue weighted by molar-refractivity contribution is -0.141. The summed E-state index contributed by atoms with van der Waals surface area (Å²) in [5.41, 5.74) is -0.351. The van der Waals surface area contributed by atoms with Crippen LogP contribution in [0.1, 0.15) is 34.6 Å². The normalized spacial score (nSPS) is 12.4. The molecule has 1 aromatic rings. The van der Waals surface area contributed by atoms with E-state index in [1.54, 1.807) is 13.8 Å². The maximum atomic E-state index is 12.9. The van der Waals surface area contributed by atoms with E-state index in [9.17, 15) is 14.0 Å². The largest absolute Gasteiger partial charge is 0.481 e. The van der Waals surface area contributed by atoms with Crippen molar-refractivity contribution in [2.75, 3.05) is 13.1 Å². The Kier molecular flexibility index (Phi) is 6.54. The van der Waals surface area contributed by atoms with Crippen molar-refractivity contribution in [1.82, 2.24) is 10.2 Å². The maximum absolute atomic E-state index is 12.9. The summed E-state index contributed by atoms with van der Waals surface area (Å²) in [5, 5.41) is 2.82. The van der Waals surface area contributed by atoms with Crippen LogP contribution in [0.5, 0.6) is 5.75 Å². The lowest BCUT2D eigenvalue weighted by atomic mass is 10.1. The van der Waals surface area contributed by atoms with Gasteiger partial charge in [0.15, 0.2) is 6.10 Å². The molecule has 0 fully saturated rings. The van der Waals surface area contributed by atoms with E-state index in [1.807, 2.05) is 20.8 Å². The third kappa shape index (κ3) is 6.67. The number of hydrogen-bond donors (Lipinski definition) is 1. The number of carbonyl (C=O) groups is 2.